The fraction of sp³-hybridized carbons (Fsp3) is 0.417. The Morgan fingerprint density at radius 1 is 1.19 bits per heavy atom. The van der Waals surface area contributed by atoms with Crippen LogP contribution in [0.25, 0.3) is 11.1 Å². The first-order valence-electron chi connectivity index (χ1n) is 11.8. The minimum absolute atomic E-state index is 0.0873. The van der Waals surface area contributed by atoms with E-state index in [-0.39, 0.29) is 17.6 Å². The maximum absolute atomic E-state index is 13.9. The fourth-order valence-electron chi connectivity index (χ4n) is 4.70. The van der Waals surface area contributed by atoms with Crippen LogP contribution in [0.2, 0.25) is 0 Å². The molecular weight excluding hydrogens is 490 g/mol. The van der Waals surface area contributed by atoms with E-state index in [1.807, 2.05) is 6.92 Å². The molecule has 0 bridgehead atoms. The topological polar surface area (TPSA) is 155 Å². The smallest absolute Gasteiger partial charge is 0.358 e. The van der Waals surface area contributed by atoms with Crippen LogP contribution in [0.15, 0.2) is 18.2 Å². The molecule has 1 aromatic carbocycles. The quantitative estimate of drug-likeness (QED) is 0.252. The van der Waals surface area contributed by atoms with E-state index < -0.39 is 7.82 Å². The lowest BCUT2D eigenvalue weighted by molar-refractivity contribution is -0.110. The molecule has 2 aromatic rings. The number of nitrogens with zero attached hydrogens (tertiary/aromatic N) is 1. The number of hydrogen-bond acceptors (Lipinski definition) is 4. The van der Waals surface area contributed by atoms with Crippen LogP contribution in [0.4, 0.5) is 10.1 Å². The molecule has 0 saturated carbocycles. The van der Waals surface area contributed by atoms with E-state index >= 15 is 0 Å². The molecule has 1 aliphatic heterocycles. The molecule has 36 heavy (non-hydrogen) atoms. The van der Waals surface area contributed by atoms with Crippen molar-refractivity contribution in [3.8, 4) is 0 Å². The highest BCUT2D eigenvalue weighted by Crippen LogP contribution is 2.43. The Bertz CT molecular complexity index is 1220. The number of nitrogens with one attached hydrogen (secondary N) is 3. The van der Waals surface area contributed by atoms with E-state index in [4.69, 9.17) is 19.2 Å². The average Bonchev–Trinajstić information content (AvgIpc) is 3.30. The van der Waals surface area contributed by atoms with Gasteiger partial charge in [-0.1, -0.05) is 13.8 Å². The summed E-state index contributed by atoms with van der Waals surface area (Å²) in [6, 6.07) is 4.34. The van der Waals surface area contributed by atoms with Gasteiger partial charge in [-0.3, -0.25) is 9.59 Å². The number of anilines is 1. The predicted molar refractivity (Wildman–Crippen MR) is 135 cm³/mol. The SMILES string of the molecule is CCN(CC)CCNC(=O)c1c(C)[nH]c2c1CCC/C2=C1/C(=O)Nc2ccc(F)cc21.O=P(O)(O)O. The molecule has 12 heteroatoms. The fourth-order valence-corrected chi connectivity index (χ4v) is 4.70. The van der Waals surface area contributed by atoms with Crippen LogP contribution in [0.3, 0.4) is 0 Å². The van der Waals surface area contributed by atoms with Crippen molar-refractivity contribution in [1.82, 2.24) is 15.2 Å². The third kappa shape index (κ3) is 6.48. The van der Waals surface area contributed by atoms with Crippen molar-refractivity contribution in [3.05, 3.63) is 52.1 Å². The van der Waals surface area contributed by atoms with Crippen molar-refractivity contribution in [2.45, 2.75) is 40.0 Å². The Balaban J connectivity index is 0.000000658. The van der Waals surface area contributed by atoms with E-state index in [0.29, 0.717) is 35.4 Å². The summed E-state index contributed by atoms with van der Waals surface area (Å²) in [6.07, 6.45) is 2.31. The zero-order valence-electron chi connectivity index (χ0n) is 20.5. The van der Waals surface area contributed by atoms with Gasteiger partial charge < -0.3 is 35.2 Å². The number of halogens is 1. The largest absolute Gasteiger partial charge is 0.466 e. The van der Waals surface area contributed by atoms with Crippen molar-refractivity contribution >= 4 is 36.5 Å². The van der Waals surface area contributed by atoms with E-state index in [9.17, 15) is 14.0 Å². The number of allylic oxidation sites excluding steroid dienone is 1. The summed E-state index contributed by atoms with van der Waals surface area (Å²) in [5.74, 6) is -0.683. The number of H-pyrrole nitrogens is 1. The van der Waals surface area contributed by atoms with Crippen LogP contribution < -0.4 is 10.6 Å². The lowest BCUT2D eigenvalue weighted by Gasteiger charge is -2.19. The highest BCUT2D eigenvalue weighted by atomic mass is 31.2. The summed E-state index contributed by atoms with van der Waals surface area (Å²) in [7, 11) is -4.64. The molecule has 0 atom stereocenters. The summed E-state index contributed by atoms with van der Waals surface area (Å²) in [5.41, 5.74) is 5.82. The Labute approximate surface area is 208 Å². The van der Waals surface area contributed by atoms with Gasteiger partial charge in [-0.15, -0.1) is 0 Å². The number of amides is 2. The number of aromatic amines is 1. The van der Waals surface area contributed by atoms with Gasteiger partial charge in [0.25, 0.3) is 11.8 Å². The number of carbonyl (C=O) groups is 2. The van der Waals surface area contributed by atoms with Crippen LogP contribution in [0, 0.1) is 12.7 Å². The number of phosphoric acid groups is 1. The summed E-state index contributed by atoms with van der Waals surface area (Å²) in [5, 5.41) is 5.88. The molecule has 2 aliphatic rings. The Morgan fingerprint density at radius 3 is 2.50 bits per heavy atom. The molecule has 0 saturated heterocycles. The second-order valence-corrected chi connectivity index (χ2v) is 9.65. The minimum atomic E-state index is -4.64. The van der Waals surface area contributed by atoms with Crippen molar-refractivity contribution in [2.75, 3.05) is 31.5 Å². The first-order chi connectivity index (χ1) is 16.9. The molecule has 0 unspecified atom stereocenters. The van der Waals surface area contributed by atoms with Gasteiger partial charge in [0, 0.05) is 35.7 Å². The van der Waals surface area contributed by atoms with Crippen LogP contribution in [-0.2, 0) is 15.8 Å². The Morgan fingerprint density at radius 2 is 1.86 bits per heavy atom. The number of benzene rings is 1. The average molecular weight is 523 g/mol. The molecule has 4 rings (SSSR count). The monoisotopic (exact) mass is 522 g/mol. The van der Waals surface area contributed by atoms with E-state index in [1.165, 1.54) is 12.1 Å². The van der Waals surface area contributed by atoms with Gasteiger partial charge in [-0.25, -0.2) is 8.96 Å². The highest BCUT2D eigenvalue weighted by molar-refractivity contribution is 7.45. The number of rotatable bonds is 6. The first-order valence-corrected chi connectivity index (χ1v) is 13.4. The van der Waals surface area contributed by atoms with E-state index in [2.05, 4.69) is 34.4 Å². The van der Waals surface area contributed by atoms with Gasteiger partial charge in [-0.05, 0) is 68.6 Å². The maximum Gasteiger partial charge on any atom is 0.466 e. The van der Waals surface area contributed by atoms with Crippen LogP contribution >= 0.6 is 7.82 Å². The van der Waals surface area contributed by atoms with Crippen LogP contribution in [0.5, 0.6) is 0 Å². The third-order valence-corrected chi connectivity index (χ3v) is 6.31. The third-order valence-electron chi connectivity index (χ3n) is 6.31. The number of aryl methyl sites for hydroxylation is 1. The zero-order chi connectivity index (χ0) is 26.6. The van der Waals surface area contributed by atoms with Gasteiger partial charge in [-0.2, -0.15) is 0 Å². The zero-order valence-corrected chi connectivity index (χ0v) is 21.4. The number of hydrogen-bond donors (Lipinski definition) is 6. The molecule has 2 heterocycles. The molecule has 1 aromatic heterocycles. The molecule has 0 spiro atoms. The van der Waals surface area contributed by atoms with Gasteiger partial charge in [0.05, 0.1) is 11.1 Å². The van der Waals surface area contributed by atoms with Crippen molar-refractivity contribution in [1.29, 1.82) is 0 Å². The molecule has 1 aliphatic carbocycles. The second kappa shape index (κ2) is 11.5. The number of carbonyl (C=O) groups excluding carboxylic acids is 2. The van der Waals surface area contributed by atoms with Crippen molar-refractivity contribution in [3.63, 3.8) is 0 Å². The van der Waals surface area contributed by atoms with Gasteiger partial charge in [0.2, 0.25) is 0 Å². The van der Waals surface area contributed by atoms with Gasteiger partial charge in [0.1, 0.15) is 5.82 Å². The standard InChI is InChI=1S/C24H29FN4O2.H3O4P/c1-4-29(5-2)12-11-26-23(30)20-14(3)27-22-16(20)7-6-8-17(22)21-18-13-15(25)9-10-19(18)28-24(21)31;1-5(2,3)4/h9-10,13,27H,4-8,11-12H2,1-3H3,(H,26,30)(H,28,31);(H3,1,2,3,4)/b21-17-;. The highest BCUT2D eigenvalue weighted by Gasteiger charge is 2.33. The molecular formula is C24H32FN4O6P. The van der Waals surface area contributed by atoms with Crippen LogP contribution in [0.1, 0.15) is 59.6 Å². The summed E-state index contributed by atoms with van der Waals surface area (Å²) in [6.45, 7) is 9.40. The van der Waals surface area contributed by atoms with Gasteiger partial charge >= 0.3 is 7.82 Å². The van der Waals surface area contributed by atoms with Crippen molar-refractivity contribution in [2.24, 2.45) is 0 Å². The normalized spacial score (nSPS) is 16.7. The first kappa shape index (κ1) is 27.8. The molecule has 0 radical (unpaired) electrons. The van der Waals surface area contributed by atoms with E-state index in [0.717, 1.165) is 55.0 Å². The van der Waals surface area contributed by atoms with Gasteiger partial charge in [0.15, 0.2) is 0 Å². The Kier molecular flexibility index (Phi) is 8.86. The predicted octanol–water partition coefficient (Wildman–Crippen LogP) is 2.80. The van der Waals surface area contributed by atoms with E-state index in [1.54, 1.807) is 6.07 Å². The second-order valence-electron chi connectivity index (χ2n) is 8.63. The summed E-state index contributed by atoms with van der Waals surface area (Å²) in [4.78, 5) is 52.9. The Hall–Kier alpha value is -2.82. The molecule has 0 fully saturated rings. The number of aromatic nitrogens is 1. The molecule has 6 N–H and O–H groups in total. The molecule has 10 nitrogen and oxygen atoms in total. The lowest BCUT2D eigenvalue weighted by atomic mass is 9.86. The maximum atomic E-state index is 13.9. The number of fused-ring (bicyclic) bond motifs is 2. The lowest BCUT2D eigenvalue weighted by Crippen LogP contribution is -2.35. The van der Waals surface area contributed by atoms with Crippen LogP contribution in [-0.4, -0.2) is 62.6 Å². The number of likely N-dealkylation sites (N-methyl/N-ethyl adjacent to an activating group) is 1. The minimum Gasteiger partial charge on any atom is -0.358 e. The molecule has 196 valence electrons. The summed E-state index contributed by atoms with van der Waals surface area (Å²) >= 11 is 0. The molecule has 2 amide bonds. The van der Waals surface area contributed by atoms with Crippen molar-refractivity contribution < 1.29 is 33.2 Å². The summed E-state index contributed by atoms with van der Waals surface area (Å²) < 4.78 is 22.8.